The second-order valence-corrected chi connectivity index (χ2v) is 3.44. The first-order valence-corrected chi connectivity index (χ1v) is 5.07. The molecule has 0 saturated carbocycles. The number of furan rings is 1. The van der Waals surface area contributed by atoms with Gasteiger partial charge >= 0.3 is 5.97 Å². The Morgan fingerprint density at radius 2 is 2.33 bits per heavy atom. The van der Waals surface area contributed by atoms with Gasteiger partial charge < -0.3 is 14.8 Å². The number of aliphatic carboxylic acids is 1. The van der Waals surface area contributed by atoms with Gasteiger partial charge in [0.2, 0.25) is 0 Å². The van der Waals surface area contributed by atoms with Gasteiger partial charge in [0.1, 0.15) is 24.3 Å². The first-order valence-electron chi connectivity index (χ1n) is 5.07. The Morgan fingerprint density at radius 3 is 3.00 bits per heavy atom. The topological polar surface area (TPSA) is 121 Å². The third-order valence-corrected chi connectivity index (χ3v) is 2.18. The van der Waals surface area contributed by atoms with Crippen LogP contribution in [0.4, 0.5) is 0 Å². The van der Waals surface area contributed by atoms with Gasteiger partial charge in [-0.2, -0.15) is 5.10 Å². The molecular formula is C10H10N4O4. The number of aromatic nitrogens is 3. The number of amides is 1. The Bertz CT molecular complexity index is 546. The number of nitrogens with one attached hydrogen (secondary N) is 2. The van der Waals surface area contributed by atoms with E-state index in [0.717, 1.165) is 0 Å². The van der Waals surface area contributed by atoms with Gasteiger partial charge in [-0.3, -0.25) is 14.7 Å². The molecule has 2 aromatic rings. The zero-order valence-corrected chi connectivity index (χ0v) is 9.21. The molecule has 0 fully saturated rings. The van der Waals surface area contributed by atoms with Crippen LogP contribution in [0.3, 0.4) is 0 Å². The molecule has 0 saturated heterocycles. The van der Waals surface area contributed by atoms with Gasteiger partial charge in [0.15, 0.2) is 0 Å². The average Bonchev–Trinajstić information content (AvgIpc) is 2.95. The minimum Gasteiger partial charge on any atom is -0.481 e. The Kier molecular flexibility index (Phi) is 3.37. The highest BCUT2D eigenvalue weighted by Gasteiger charge is 2.16. The van der Waals surface area contributed by atoms with Crippen molar-refractivity contribution in [2.45, 2.75) is 13.0 Å². The molecule has 0 aromatic carbocycles. The van der Waals surface area contributed by atoms with E-state index in [0.29, 0.717) is 5.82 Å². The summed E-state index contributed by atoms with van der Waals surface area (Å²) < 4.78 is 4.96. The summed E-state index contributed by atoms with van der Waals surface area (Å²) in [5.74, 6) is -0.852. The molecule has 0 atom stereocenters. The van der Waals surface area contributed by atoms with Crippen LogP contribution in [0.5, 0.6) is 0 Å². The number of rotatable bonds is 5. The Balaban J connectivity index is 2.00. The molecule has 0 aliphatic rings. The number of aromatic amines is 1. The normalized spacial score (nSPS) is 10.2. The number of carbonyl (C=O) groups excluding carboxylic acids is 1. The number of carboxylic acids is 1. The lowest BCUT2D eigenvalue weighted by Gasteiger charge is -2.02. The zero-order chi connectivity index (χ0) is 13.0. The van der Waals surface area contributed by atoms with Crippen LogP contribution in [-0.2, 0) is 17.8 Å². The van der Waals surface area contributed by atoms with Crippen LogP contribution < -0.4 is 5.32 Å². The van der Waals surface area contributed by atoms with Crippen molar-refractivity contribution < 1.29 is 19.1 Å². The molecule has 8 nitrogen and oxygen atoms in total. The van der Waals surface area contributed by atoms with Crippen molar-refractivity contribution in [3.05, 3.63) is 35.8 Å². The fraction of sp³-hybridized carbons (Fsp3) is 0.200. The highest BCUT2D eigenvalue weighted by Crippen LogP contribution is 2.11. The predicted octanol–water partition coefficient (Wildman–Crippen LogP) is -0.0452. The second kappa shape index (κ2) is 5.13. The molecular weight excluding hydrogens is 240 g/mol. The van der Waals surface area contributed by atoms with E-state index in [1.54, 1.807) is 0 Å². The minimum atomic E-state index is -1.06. The maximum absolute atomic E-state index is 11.8. The van der Waals surface area contributed by atoms with Crippen LogP contribution >= 0.6 is 0 Å². The Labute approximate surface area is 101 Å². The molecule has 0 aliphatic carbocycles. The van der Waals surface area contributed by atoms with E-state index in [9.17, 15) is 9.59 Å². The van der Waals surface area contributed by atoms with Crippen molar-refractivity contribution in [1.82, 2.24) is 20.5 Å². The van der Waals surface area contributed by atoms with Crippen LogP contribution in [0.25, 0.3) is 0 Å². The lowest BCUT2D eigenvalue weighted by Crippen LogP contribution is -2.24. The molecule has 0 radical (unpaired) electrons. The van der Waals surface area contributed by atoms with Crippen LogP contribution in [-0.4, -0.2) is 32.2 Å². The Hall–Kier alpha value is -2.64. The summed E-state index contributed by atoms with van der Waals surface area (Å²) in [4.78, 5) is 26.2. The van der Waals surface area contributed by atoms with Crippen LogP contribution in [0, 0.1) is 0 Å². The van der Waals surface area contributed by atoms with E-state index in [4.69, 9.17) is 9.52 Å². The first kappa shape index (κ1) is 11.8. The first-order chi connectivity index (χ1) is 8.66. The number of hydrogen-bond donors (Lipinski definition) is 3. The lowest BCUT2D eigenvalue weighted by molar-refractivity contribution is -0.136. The highest BCUT2D eigenvalue weighted by molar-refractivity contribution is 5.95. The fourth-order valence-corrected chi connectivity index (χ4v) is 1.39. The van der Waals surface area contributed by atoms with Gasteiger partial charge in [0.25, 0.3) is 5.91 Å². The second-order valence-electron chi connectivity index (χ2n) is 3.44. The highest BCUT2D eigenvalue weighted by atomic mass is 16.4. The quantitative estimate of drug-likeness (QED) is 0.684. The molecule has 0 aliphatic heterocycles. The van der Waals surface area contributed by atoms with Gasteiger partial charge in [-0.15, -0.1) is 0 Å². The molecule has 3 N–H and O–H groups in total. The maximum atomic E-state index is 11.8. The van der Waals surface area contributed by atoms with Gasteiger partial charge in [-0.1, -0.05) is 0 Å². The molecule has 0 bridgehead atoms. The summed E-state index contributed by atoms with van der Waals surface area (Å²) in [7, 11) is 0. The largest absolute Gasteiger partial charge is 0.481 e. The van der Waals surface area contributed by atoms with Gasteiger partial charge in [-0.25, -0.2) is 4.98 Å². The zero-order valence-electron chi connectivity index (χ0n) is 9.21. The van der Waals surface area contributed by atoms with E-state index >= 15 is 0 Å². The summed E-state index contributed by atoms with van der Waals surface area (Å²) >= 11 is 0. The van der Waals surface area contributed by atoms with Gasteiger partial charge in [-0.05, 0) is 6.07 Å². The number of nitrogens with zero attached hydrogens (tertiary/aromatic N) is 2. The third-order valence-electron chi connectivity index (χ3n) is 2.18. The molecule has 18 heavy (non-hydrogen) atoms. The summed E-state index contributed by atoms with van der Waals surface area (Å²) in [5, 5.41) is 17.5. The van der Waals surface area contributed by atoms with Crippen LogP contribution in [0.15, 0.2) is 23.1 Å². The fourth-order valence-electron chi connectivity index (χ4n) is 1.39. The lowest BCUT2D eigenvalue weighted by atomic mass is 10.2. The smallest absolute Gasteiger partial charge is 0.311 e. The standard InChI is InChI=1S/C10H10N4O4/c15-9(16)3-7-6(1-2-18-7)10(17)11-4-8-12-5-13-14-8/h1-2,5H,3-4H2,(H,11,17)(H,15,16)(H,12,13,14). The van der Waals surface area contributed by atoms with E-state index in [1.165, 1.54) is 18.7 Å². The van der Waals surface area contributed by atoms with E-state index in [-0.39, 0.29) is 24.3 Å². The maximum Gasteiger partial charge on any atom is 0.311 e. The van der Waals surface area contributed by atoms with E-state index in [2.05, 4.69) is 20.5 Å². The SMILES string of the molecule is O=C(O)Cc1occc1C(=O)NCc1ncn[nH]1. The van der Waals surface area contributed by atoms with Crippen molar-refractivity contribution in [2.24, 2.45) is 0 Å². The summed E-state index contributed by atoms with van der Waals surface area (Å²) in [6.45, 7) is 0.177. The number of hydrogen-bond acceptors (Lipinski definition) is 5. The summed E-state index contributed by atoms with van der Waals surface area (Å²) in [5.41, 5.74) is 0.205. The molecule has 0 spiro atoms. The van der Waals surface area contributed by atoms with Crippen molar-refractivity contribution in [1.29, 1.82) is 0 Å². The van der Waals surface area contributed by atoms with Crippen molar-refractivity contribution in [3.8, 4) is 0 Å². The molecule has 2 heterocycles. The van der Waals surface area contributed by atoms with Crippen LogP contribution in [0.2, 0.25) is 0 Å². The summed E-state index contributed by atoms with van der Waals surface area (Å²) in [6, 6.07) is 1.42. The molecule has 2 rings (SSSR count). The Morgan fingerprint density at radius 1 is 1.50 bits per heavy atom. The van der Waals surface area contributed by atoms with Gasteiger partial charge in [0, 0.05) is 0 Å². The third kappa shape index (κ3) is 2.73. The predicted molar refractivity (Wildman–Crippen MR) is 57.6 cm³/mol. The monoisotopic (exact) mass is 250 g/mol. The van der Waals surface area contributed by atoms with Crippen molar-refractivity contribution in [2.75, 3.05) is 0 Å². The average molecular weight is 250 g/mol. The number of H-pyrrole nitrogens is 1. The van der Waals surface area contributed by atoms with Crippen molar-refractivity contribution >= 4 is 11.9 Å². The number of carboxylic acid groups (broad SMARTS) is 1. The molecule has 0 unspecified atom stereocenters. The van der Waals surface area contributed by atoms with Gasteiger partial charge in [0.05, 0.1) is 18.4 Å². The van der Waals surface area contributed by atoms with Crippen LogP contribution in [0.1, 0.15) is 21.9 Å². The molecule has 2 aromatic heterocycles. The van der Waals surface area contributed by atoms with E-state index in [1.807, 2.05) is 0 Å². The molecule has 1 amide bonds. The minimum absolute atomic E-state index is 0.123. The van der Waals surface area contributed by atoms with Crippen molar-refractivity contribution in [3.63, 3.8) is 0 Å². The van der Waals surface area contributed by atoms with E-state index < -0.39 is 11.9 Å². The summed E-state index contributed by atoms with van der Waals surface area (Å²) in [6.07, 6.45) is 2.27. The molecule has 94 valence electrons. The number of carbonyl (C=O) groups is 2. The molecule has 8 heteroatoms.